The second-order valence-electron chi connectivity index (χ2n) is 4.33. The van der Waals surface area contributed by atoms with Crippen LogP contribution in [0.2, 0.25) is 0 Å². The number of carbonyl (C=O) groups excluding carboxylic acids is 1. The van der Waals surface area contributed by atoms with Gasteiger partial charge in [-0.05, 0) is 42.0 Å². The quantitative estimate of drug-likeness (QED) is 0.389. The predicted molar refractivity (Wildman–Crippen MR) is 79.5 cm³/mol. The minimum atomic E-state index is -0.544. The molecule has 0 bridgehead atoms. The summed E-state index contributed by atoms with van der Waals surface area (Å²) < 4.78 is 4.96. The minimum Gasteiger partial charge on any atom is -0.504 e. The maximum atomic E-state index is 11.8. The van der Waals surface area contributed by atoms with Crippen LogP contribution in [-0.2, 0) is 0 Å². The van der Waals surface area contributed by atoms with Crippen molar-refractivity contribution in [3.63, 3.8) is 0 Å². The van der Waals surface area contributed by atoms with Crippen molar-refractivity contribution in [2.45, 2.75) is 0 Å². The topological polar surface area (TPSA) is 111 Å². The fourth-order valence-corrected chi connectivity index (χ4v) is 1.67. The molecule has 7 nitrogen and oxygen atoms in total. The maximum Gasteiger partial charge on any atom is 0.271 e. The van der Waals surface area contributed by atoms with E-state index in [2.05, 4.69) is 10.5 Å². The largest absolute Gasteiger partial charge is 0.504 e. The van der Waals surface area contributed by atoms with Crippen LogP contribution in [0.15, 0.2) is 41.5 Å². The lowest BCUT2D eigenvalue weighted by atomic mass is 10.2. The number of phenols is 3. The maximum absolute atomic E-state index is 11.8. The van der Waals surface area contributed by atoms with E-state index in [4.69, 9.17) is 4.74 Å². The number of aromatic hydroxyl groups is 3. The van der Waals surface area contributed by atoms with Gasteiger partial charge in [0.1, 0.15) is 0 Å². The third kappa shape index (κ3) is 3.45. The average molecular weight is 302 g/mol. The zero-order valence-electron chi connectivity index (χ0n) is 11.6. The van der Waals surface area contributed by atoms with Crippen molar-refractivity contribution in [1.29, 1.82) is 0 Å². The van der Waals surface area contributed by atoms with Gasteiger partial charge in [-0.25, -0.2) is 5.43 Å². The van der Waals surface area contributed by atoms with Crippen LogP contribution in [-0.4, -0.2) is 34.6 Å². The normalized spacial score (nSPS) is 10.6. The summed E-state index contributed by atoms with van der Waals surface area (Å²) in [5, 5.41) is 31.7. The van der Waals surface area contributed by atoms with Crippen molar-refractivity contribution in [3.05, 3.63) is 47.5 Å². The van der Waals surface area contributed by atoms with Crippen LogP contribution in [0.25, 0.3) is 0 Å². The second-order valence-corrected chi connectivity index (χ2v) is 4.33. The number of ether oxygens (including phenoxy) is 1. The molecule has 2 aromatic rings. The van der Waals surface area contributed by atoms with Crippen LogP contribution in [0.5, 0.6) is 23.0 Å². The Morgan fingerprint density at radius 3 is 2.50 bits per heavy atom. The Balaban J connectivity index is 2.05. The Hall–Kier alpha value is -3.22. The SMILES string of the molecule is COc1cc(/C=N/NC(=O)c2ccc(O)c(O)c2)ccc1O. The Kier molecular flexibility index (Phi) is 4.47. The molecule has 0 spiro atoms. The van der Waals surface area contributed by atoms with Gasteiger partial charge in [0.05, 0.1) is 13.3 Å². The van der Waals surface area contributed by atoms with Gasteiger partial charge in [-0.1, -0.05) is 0 Å². The summed E-state index contributed by atoms with van der Waals surface area (Å²) >= 11 is 0. The van der Waals surface area contributed by atoms with Crippen molar-refractivity contribution < 1.29 is 24.9 Å². The van der Waals surface area contributed by atoms with Gasteiger partial charge in [0, 0.05) is 5.56 Å². The molecular formula is C15H14N2O5. The number of methoxy groups -OCH3 is 1. The van der Waals surface area contributed by atoms with E-state index in [-0.39, 0.29) is 22.8 Å². The molecule has 22 heavy (non-hydrogen) atoms. The van der Waals surface area contributed by atoms with Crippen LogP contribution < -0.4 is 10.2 Å². The number of nitrogens with one attached hydrogen (secondary N) is 1. The molecule has 0 saturated heterocycles. The van der Waals surface area contributed by atoms with E-state index < -0.39 is 5.91 Å². The highest BCUT2D eigenvalue weighted by atomic mass is 16.5. The number of hydrazone groups is 1. The number of rotatable bonds is 4. The minimum absolute atomic E-state index is 0.00301. The summed E-state index contributed by atoms with van der Waals surface area (Å²) in [6.45, 7) is 0. The standard InChI is InChI=1S/C15H14N2O5/c1-22-14-6-9(2-4-12(14)19)8-16-17-15(21)10-3-5-11(18)13(20)7-10/h2-8,18-20H,1H3,(H,17,21)/b16-8+. The molecule has 0 unspecified atom stereocenters. The number of amides is 1. The molecule has 7 heteroatoms. The van der Waals surface area contributed by atoms with E-state index in [1.165, 1.54) is 31.5 Å². The smallest absolute Gasteiger partial charge is 0.271 e. The molecule has 0 radical (unpaired) electrons. The lowest BCUT2D eigenvalue weighted by Gasteiger charge is -2.04. The molecule has 0 aliphatic carbocycles. The summed E-state index contributed by atoms with van der Waals surface area (Å²) in [7, 11) is 1.43. The summed E-state index contributed by atoms with van der Waals surface area (Å²) in [6.07, 6.45) is 1.38. The Labute approximate surface area is 126 Å². The predicted octanol–water partition coefficient (Wildman–Crippen LogP) is 1.58. The van der Waals surface area contributed by atoms with Crippen LogP contribution in [0.3, 0.4) is 0 Å². The monoisotopic (exact) mass is 302 g/mol. The molecule has 0 aliphatic rings. The zero-order chi connectivity index (χ0) is 16.1. The highest BCUT2D eigenvalue weighted by molar-refractivity contribution is 5.95. The first-order chi connectivity index (χ1) is 10.5. The lowest BCUT2D eigenvalue weighted by molar-refractivity contribution is 0.0954. The van der Waals surface area contributed by atoms with Crippen molar-refractivity contribution in [2.75, 3.05) is 7.11 Å². The fraction of sp³-hybridized carbons (Fsp3) is 0.0667. The van der Waals surface area contributed by atoms with Gasteiger partial charge in [0.15, 0.2) is 23.0 Å². The second kappa shape index (κ2) is 6.49. The van der Waals surface area contributed by atoms with Gasteiger partial charge >= 0.3 is 0 Å². The fourth-order valence-electron chi connectivity index (χ4n) is 1.67. The van der Waals surface area contributed by atoms with Gasteiger partial charge < -0.3 is 20.1 Å². The number of benzene rings is 2. The van der Waals surface area contributed by atoms with Crippen LogP contribution in [0.4, 0.5) is 0 Å². The molecular weight excluding hydrogens is 288 g/mol. The molecule has 0 aromatic heterocycles. The van der Waals surface area contributed by atoms with Gasteiger partial charge in [-0.2, -0.15) is 5.10 Å². The number of hydrogen-bond donors (Lipinski definition) is 4. The van der Waals surface area contributed by atoms with E-state index in [1.807, 2.05) is 0 Å². The Morgan fingerprint density at radius 1 is 1.09 bits per heavy atom. The van der Waals surface area contributed by atoms with E-state index >= 15 is 0 Å². The average Bonchev–Trinajstić information content (AvgIpc) is 2.51. The van der Waals surface area contributed by atoms with E-state index in [9.17, 15) is 20.1 Å². The first-order valence-electron chi connectivity index (χ1n) is 6.23. The van der Waals surface area contributed by atoms with Crippen molar-refractivity contribution in [3.8, 4) is 23.0 Å². The highest BCUT2D eigenvalue weighted by Crippen LogP contribution is 2.26. The molecule has 2 aromatic carbocycles. The van der Waals surface area contributed by atoms with E-state index in [1.54, 1.807) is 12.1 Å². The molecule has 4 N–H and O–H groups in total. The first kappa shape index (κ1) is 15.2. The third-order valence-corrected chi connectivity index (χ3v) is 2.82. The zero-order valence-corrected chi connectivity index (χ0v) is 11.6. The van der Waals surface area contributed by atoms with Gasteiger partial charge in [0.25, 0.3) is 5.91 Å². The molecule has 114 valence electrons. The molecule has 0 aliphatic heterocycles. The van der Waals surface area contributed by atoms with Crippen LogP contribution >= 0.6 is 0 Å². The van der Waals surface area contributed by atoms with Gasteiger partial charge in [-0.3, -0.25) is 4.79 Å². The van der Waals surface area contributed by atoms with E-state index in [0.29, 0.717) is 11.3 Å². The molecule has 0 atom stereocenters. The highest BCUT2D eigenvalue weighted by Gasteiger charge is 2.07. The number of hydrogen-bond acceptors (Lipinski definition) is 6. The van der Waals surface area contributed by atoms with Gasteiger partial charge in [0.2, 0.25) is 0 Å². The molecule has 0 fully saturated rings. The number of phenolic OH excluding ortho intramolecular Hbond substituents is 3. The molecule has 0 saturated carbocycles. The van der Waals surface area contributed by atoms with Crippen molar-refractivity contribution in [2.24, 2.45) is 5.10 Å². The van der Waals surface area contributed by atoms with Crippen LogP contribution in [0.1, 0.15) is 15.9 Å². The third-order valence-electron chi connectivity index (χ3n) is 2.82. The Morgan fingerprint density at radius 2 is 1.82 bits per heavy atom. The summed E-state index contributed by atoms with van der Waals surface area (Å²) in [6, 6.07) is 8.28. The summed E-state index contributed by atoms with van der Waals surface area (Å²) in [4.78, 5) is 11.8. The summed E-state index contributed by atoms with van der Waals surface area (Å²) in [5.74, 6) is -0.949. The van der Waals surface area contributed by atoms with Gasteiger partial charge in [-0.15, -0.1) is 0 Å². The molecule has 1 amide bonds. The van der Waals surface area contributed by atoms with Crippen LogP contribution in [0, 0.1) is 0 Å². The Bertz CT molecular complexity index is 728. The van der Waals surface area contributed by atoms with Crippen molar-refractivity contribution in [1.82, 2.24) is 5.43 Å². The first-order valence-corrected chi connectivity index (χ1v) is 6.23. The molecule has 2 rings (SSSR count). The van der Waals surface area contributed by atoms with Crippen molar-refractivity contribution >= 4 is 12.1 Å². The van der Waals surface area contributed by atoms with E-state index in [0.717, 1.165) is 6.07 Å². The summed E-state index contributed by atoms with van der Waals surface area (Å²) in [5.41, 5.74) is 3.04. The lowest BCUT2D eigenvalue weighted by Crippen LogP contribution is -2.17. The molecule has 0 heterocycles. The number of nitrogens with zero attached hydrogens (tertiary/aromatic N) is 1. The number of carbonyl (C=O) groups is 1.